The van der Waals surface area contributed by atoms with E-state index < -0.39 is 12.0 Å². The Morgan fingerprint density at radius 3 is 2.82 bits per heavy atom. The second-order valence-corrected chi connectivity index (χ2v) is 3.69. The number of phenols is 1. The molecule has 2 aromatic rings. The second kappa shape index (κ2) is 5.30. The predicted octanol–water partition coefficient (Wildman–Crippen LogP) is 0.825. The molecule has 6 heteroatoms. The van der Waals surface area contributed by atoms with E-state index >= 15 is 0 Å². The number of fused-ring (bicyclic) bond motifs is 1. The molecule has 0 unspecified atom stereocenters. The number of carboxylic acids is 1. The van der Waals surface area contributed by atoms with E-state index in [1.807, 2.05) is 0 Å². The van der Waals surface area contributed by atoms with Crippen LogP contribution in [-0.4, -0.2) is 27.2 Å². The Labute approximate surface area is 110 Å². The summed E-state index contributed by atoms with van der Waals surface area (Å²) in [6.07, 6.45) is 1.95. The minimum Gasteiger partial charge on any atom is -0.508 e. The summed E-state index contributed by atoms with van der Waals surface area (Å²) in [6.45, 7) is 0. The van der Waals surface area contributed by atoms with Crippen molar-refractivity contribution in [2.75, 3.05) is 0 Å². The average molecular weight is 286 g/mol. The molecule has 1 atom stereocenters. The fourth-order valence-electron chi connectivity index (χ4n) is 1.66. The van der Waals surface area contributed by atoms with Crippen LogP contribution in [0.15, 0.2) is 24.4 Å². The number of carbonyl (C=O) groups is 1. The number of carboxylic acid groups (broad SMARTS) is 1. The predicted molar refractivity (Wildman–Crippen MR) is 59.3 cm³/mol. The molecule has 0 saturated heterocycles. The smallest absolute Gasteiger partial charge is 0.320 e. The summed E-state index contributed by atoms with van der Waals surface area (Å²) in [6, 6.07) is 3.97. The van der Waals surface area contributed by atoms with E-state index in [4.69, 9.17) is 10.8 Å². The number of phenolic OH excluding ortho intramolecular Hbond substituents is 1. The van der Waals surface area contributed by atoms with Crippen molar-refractivity contribution in [2.24, 2.45) is 5.73 Å². The molecule has 0 fully saturated rings. The fraction of sp³-hybridized carbons (Fsp3) is 0.182. The van der Waals surface area contributed by atoms with Crippen LogP contribution in [-0.2, 0) is 30.7 Å². The standard InChI is InChI=1S/C11H12N2O3.Zn/c12-9(11(15)16)3-6-5-13-10-2-1-7(14)4-8(6)10;/h1-2,4-5,9,13-14H,3,12H2,(H,15,16);/t9-;/m0./s1. The van der Waals surface area contributed by atoms with Crippen molar-refractivity contribution in [1.29, 1.82) is 0 Å². The minimum atomic E-state index is -1.03. The second-order valence-electron chi connectivity index (χ2n) is 3.69. The zero-order valence-corrected chi connectivity index (χ0v) is 12.1. The van der Waals surface area contributed by atoms with Gasteiger partial charge in [-0.15, -0.1) is 0 Å². The van der Waals surface area contributed by atoms with Gasteiger partial charge in [0.2, 0.25) is 0 Å². The Morgan fingerprint density at radius 1 is 1.47 bits per heavy atom. The number of aromatic amines is 1. The van der Waals surface area contributed by atoms with Crippen LogP contribution in [0.5, 0.6) is 5.75 Å². The van der Waals surface area contributed by atoms with Crippen LogP contribution < -0.4 is 5.73 Å². The first-order valence-corrected chi connectivity index (χ1v) is 4.85. The summed E-state index contributed by atoms with van der Waals surface area (Å²) in [5.74, 6) is -0.883. The van der Waals surface area contributed by atoms with Gasteiger partial charge in [-0.05, 0) is 23.8 Å². The van der Waals surface area contributed by atoms with Crippen molar-refractivity contribution in [1.82, 2.24) is 4.98 Å². The van der Waals surface area contributed by atoms with Gasteiger partial charge in [-0.2, -0.15) is 0 Å². The number of rotatable bonds is 3. The quantitative estimate of drug-likeness (QED) is 0.628. The SMILES string of the molecule is N[C@@H](Cc1c[nH]c2ccc(O)cc12)C(=O)O.[Zn]. The summed E-state index contributed by atoms with van der Waals surface area (Å²) in [7, 11) is 0. The molecule has 0 aliphatic carbocycles. The van der Waals surface area contributed by atoms with E-state index in [2.05, 4.69) is 4.98 Å². The van der Waals surface area contributed by atoms with E-state index in [-0.39, 0.29) is 31.6 Å². The zero-order chi connectivity index (χ0) is 11.7. The first kappa shape index (κ1) is 13.7. The van der Waals surface area contributed by atoms with Crippen molar-refractivity contribution >= 4 is 16.9 Å². The molecule has 1 aromatic heterocycles. The van der Waals surface area contributed by atoms with Crippen molar-refractivity contribution in [3.8, 4) is 5.75 Å². The van der Waals surface area contributed by atoms with Crippen molar-refractivity contribution in [3.05, 3.63) is 30.0 Å². The van der Waals surface area contributed by atoms with Crippen LogP contribution in [0.4, 0.5) is 0 Å². The molecule has 0 aliphatic rings. The van der Waals surface area contributed by atoms with Crippen molar-refractivity contribution < 1.29 is 34.5 Å². The Bertz CT molecular complexity index is 538. The van der Waals surface area contributed by atoms with Crippen LogP contribution >= 0.6 is 0 Å². The maximum atomic E-state index is 10.6. The summed E-state index contributed by atoms with van der Waals surface area (Å²) >= 11 is 0. The largest absolute Gasteiger partial charge is 0.508 e. The molecule has 17 heavy (non-hydrogen) atoms. The molecule has 0 spiro atoms. The number of aromatic hydroxyl groups is 1. The molecule has 5 nitrogen and oxygen atoms in total. The summed E-state index contributed by atoms with van der Waals surface area (Å²) in [4.78, 5) is 13.6. The monoisotopic (exact) mass is 284 g/mol. The molecule has 2 rings (SSSR count). The van der Waals surface area contributed by atoms with Crippen LogP contribution in [0.2, 0.25) is 0 Å². The molecule has 5 N–H and O–H groups in total. The van der Waals surface area contributed by atoms with Crippen LogP contribution in [0.1, 0.15) is 5.56 Å². The summed E-state index contributed by atoms with van der Waals surface area (Å²) < 4.78 is 0. The van der Waals surface area contributed by atoms with Gasteiger partial charge in [0.15, 0.2) is 0 Å². The van der Waals surface area contributed by atoms with Crippen LogP contribution in [0, 0.1) is 0 Å². The molecule has 0 radical (unpaired) electrons. The van der Waals surface area contributed by atoms with Gasteiger partial charge in [0.1, 0.15) is 11.8 Å². The number of H-pyrrole nitrogens is 1. The number of benzene rings is 1. The maximum Gasteiger partial charge on any atom is 0.320 e. The number of aliphatic carboxylic acids is 1. The van der Waals surface area contributed by atoms with Gasteiger partial charge in [-0.3, -0.25) is 4.79 Å². The fourth-order valence-corrected chi connectivity index (χ4v) is 1.66. The topological polar surface area (TPSA) is 99.3 Å². The first-order chi connectivity index (χ1) is 7.58. The summed E-state index contributed by atoms with van der Waals surface area (Å²) in [5.41, 5.74) is 7.11. The average Bonchev–Trinajstić information content (AvgIpc) is 2.61. The maximum absolute atomic E-state index is 10.6. The van der Waals surface area contributed by atoms with E-state index in [0.29, 0.717) is 0 Å². The van der Waals surface area contributed by atoms with Crippen LogP contribution in [0.3, 0.4) is 0 Å². The Kier molecular flexibility index (Phi) is 4.26. The van der Waals surface area contributed by atoms with Crippen LogP contribution in [0.25, 0.3) is 10.9 Å². The first-order valence-electron chi connectivity index (χ1n) is 4.85. The van der Waals surface area contributed by atoms with Gasteiger partial charge >= 0.3 is 5.97 Å². The molecule has 86 valence electrons. The number of nitrogens with two attached hydrogens (primary N) is 1. The number of hydrogen-bond acceptors (Lipinski definition) is 3. The van der Waals surface area contributed by atoms with E-state index in [1.54, 1.807) is 24.4 Å². The van der Waals surface area contributed by atoms with E-state index in [9.17, 15) is 9.90 Å². The minimum absolute atomic E-state index is 0. The number of aromatic nitrogens is 1. The Balaban J connectivity index is 0.00000144. The number of nitrogens with one attached hydrogen (secondary N) is 1. The molecule has 0 saturated carbocycles. The van der Waals surface area contributed by atoms with Crippen molar-refractivity contribution in [3.63, 3.8) is 0 Å². The molecule has 0 aliphatic heterocycles. The van der Waals surface area contributed by atoms with E-state index in [1.165, 1.54) is 0 Å². The third-order valence-corrected chi connectivity index (χ3v) is 2.51. The van der Waals surface area contributed by atoms with Gasteiger partial charge in [-0.1, -0.05) is 0 Å². The molecule has 0 amide bonds. The molecule has 1 aromatic carbocycles. The molecule has 0 bridgehead atoms. The number of hydrogen-bond donors (Lipinski definition) is 4. The third kappa shape index (κ3) is 2.84. The van der Waals surface area contributed by atoms with Gasteiger partial charge in [0, 0.05) is 43.0 Å². The normalized spacial score (nSPS) is 12.1. The third-order valence-electron chi connectivity index (χ3n) is 2.51. The van der Waals surface area contributed by atoms with Gasteiger partial charge in [0.05, 0.1) is 0 Å². The Hall–Kier alpha value is -1.39. The van der Waals surface area contributed by atoms with Crippen molar-refractivity contribution in [2.45, 2.75) is 12.5 Å². The Morgan fingerprint density at radius 2 is 2.18 bits per heavy atom. The summed E-state index contributed by atoms with van der Waals surface area (Å²) in [5, 5.41) is 18.9. The van der Waals surface area contributed by atoms with Gasteiger partial charge < -0.3 is 20.9 Å². The molecular formula is C11H12N2O3Zn. The zero-order valence-electron chi connectivity index (χ0n) is 9.18. The molecule has 1 heterocycles. The molecular weight excluding hydrogens is 274 g/mol. The van der Waals surface area contributed by atoms with E-state index in [0.717, 1.165) is 16.5 Å². The van der Waals surface area contributed by atoms with Gasteiger partial charge in [-0.25, -0.2) is 0 Å². The van der Waals surface area contributed by atoms with Gasteiger partial charge in [0.25, 0.3) is 0 Å².